The highest BCUT2D eigenvalue weighted by atomic mass is 32.1. The van der Waals surface area contributed by atoms with Crippen LogP contribution in [-0.4, -0.2) is 19.1 Å². The van der Waals surface area contributed by atoms with Crippen molar-refractivity contribution in [2.45, 2.75) is 0 Å². The van der Waals surface area contributed by atoms with Crippen molar-refractivity contribution in [2.24, 2.45) is 0 Å². The minimum Gasteiger partial charge on any atom is -0.437 e. The van der Waals surface area contributed by atoms with Gasteiger partial charge in [-0.3, -0.25) is 4.57 Å². The quantitative estimate of drug-likeness (QED) is 0.182. The fourth-order valence-corrected chi connectivity index (χ4v) is 11.1. The van der Waals surface area contributed by atoms with Gasteiger partial charge in [-0.15, -0.1) is 11.3 Å². The highest BCUT2D eigenvalue weighted by molar-refractivity contribution is 7.26. The maximum atomic E-state index is 6.68. The van der Waals surface area contributed by atoms with Crippen molar-refractivity contribution >= 4 is 108 Å². The first-order valence-electron chi connectivity index (χ1n) is 18.9. The van der Waals surface area contributed by atoms with Crippen LogP contribution in [0.25, 0.3) is 131 Å². The standard InChI is InChI=1S/C50H26N4OS/c1-2-12-28(13-3-1)53-34-19-6-4-14-31(34)42-33(18-9-20-35(42)53)48-44-32-15-5-7-21-38(32)55-49(44)52-50(51-48)54-36-24-23-27-11-8-16-29-30-17-10-22-39-43(30)47-40(56-39)26-25-37(54)46(47)45(36)41(27)29/h1-26H. The van der Waals surface area contributed by atoms with E-state index in [0.717, 1.165) is 60.8 Å². The highest BCUT2D eigenvalue weighted by Crippen LogP contribution is 2.52. The Morgan fingerprint density at radius 2 is 1.09 bits per heavy atom. The zero-order valence-electron chi connectivity index (χ0n) is 29.6. The molecule has 1 aliphatic rings. The Balaban J connectivity index is 1.17. The number of hydrogen-bond acceptors (Lipinski definition) is 4. The van der Waals surface area contributed by atoms with E-state index in [2.05, 4.69) is 155 Å². The van der Waals surface area contributed by atoms with Crippen molar-refractivity contribution in [3.8, 4) is 34.0 Å². The summed E-state index contributed by atoms with van der Waals surface area (Å²) < 4.78 is 13.9. The van der Waals surface area contributed by atoms with E-state index in [-0.39, 0.29) is 0 Å². The summed E-state index contributed by atoms with van der Waals surface area (Å²) in [6, 6.07) is 56.7. The lowest BCUT2D eigenvalue weighted by Gasteiger charge is -2.12. The molecule has 0 radical (unpaired) electrons. The van der Waals surface area contributed by atoms with Crippen LogP contribution in [0, 0.1) is 0 Å². The number of thiophene rings is 1. The third-order valence-electron chi connectivity index (χ3n) is 12.1. The summed E-state index contributed by atoms with van der Waals surface area (Å²) in [7, 11) is 0. The van der Waals surface area contributed by atoms with Gasteiger partial charge in [0.2, 0.25) is 11.7 Å². The second-order valence-corrected chi connectivity index (χ2v) is 15.9. The van der Waals surface area contributed by atoms with Gasteiger partial charge in [-0.1, -0.05) is 103 Å². The van der Waals surface area contributed by atoms with E-state index in [9.17, 15) is 0 Å². The van der Waals surface area contributed by atoms with Gasteiger partial charge in [0.05, 0.1) is 33.1 Å². The van der Waals surface area contributed by atoms with Crippen molar-refractivity contribution < 1.29 is 4.42 Å². The fourth-order valence-electron chi connectivity index (χ4n) is 9.92. The van der Waals surface area contributed by atoms with Crippen molar-refractivity contribution in [3.05, 3.63) is 158 Å². The number of para-hydroxylation sites is 3. The van der Waals surface area contributed by atoms with E-state index in [1.165, 1.54) is 58.2 Å². The molecule has 6 heteroatoms. The van der Waals surface area contributed by atoms with Crippen molar-refractivity contribution in [3.63, 3.8) is 0 Å². The molecule has 0 atom stereocenters. The second-order valence-electron chi connectivity index (χ2n) is 14.9. The Hall–Kier alpha value is -7.28. The van der Waals surface area contributed by atoms with E-state index in [0.29, 0.717) is 11.7 Å². The lowest BCUT2D eigenvalue weighted by molar-refractivity contribution is 0.651. The van der Waals surface area contributed by atoms with Crippen LogP contribution in [-0.2, 0) is 0 Å². The van der Waals surface area contributed by atoms with Gasteiger partial charge >= 0.3 is 0 Å². The van der Waals surface area contributed by atoms with Crippen molar-refractivity contribution in [1.82, 2.24) is 19.1 Å². The molecule has 258 valence electrons. The lowest BCUT2D eigenvalue weighted by Crippen LogP contribution is -2.03. The molecule has 5 aromatic heterocycles. The van der Waals surface area contributed by atoms with Crippen LogP contribution >= 0.6 is 11.3 Å². The summed E-state index contributed by atoms with van der Waals surface area (Å²) in [4.78, 5) is 11.0. The molecule has 0 fully saturated rings. The highest BCUT2D eigenvalue weighted by Gasteiger charge is 2.28. The number of aromatic nitrogens is 4. The molecule has 5 nitrogen and oxygen atoms in total. The number of fused-ring (bicyclic) bond motifs is 7. The van der Waals surface area contributed by atoms with Crippen LogP contribution in [0.3, 0.4) is 0 Å². The first kappa shape index (κ1) is 29.1. The predicted octanol–water partition coefficient (Wildman–Crippen LogP) is 13.7. The number of rotatable bonds is 3. The van der Waals surface area contributed by atoms with Gasteiger partial charge in [0, 0.05) is 58.4 Å². The summed E-state index contributed by atoms with van der Waals surface area (Å²) in [6.07, 6.45) is 0. The lowest BCUT2D eigenvalue weighted by atomic mass is 9.95. The van der Waals surface area contributed by atoms with E-state index in [1.54, 1.807) is 0 Å². The monoisotopic (exact) mass is 730 g/mol. The molecular formula is C50H26N4OS. The zero-order valence-corrected chi connectivity index (χ0v) is 30.4. The van der Waals surface area contributed by atoms with E-state index in [1.807, 2.05) is 23.5 Å². The minimum absolute atomic E-state index is 0.572. The molecule has 5 heterocycles. The summed E-state index contributed by atoms with van der Waals surface area (Å²) in [5.74, 6) is 0.590. The summed E-state index contributed by atoms with van der Waals surface area (Å²) in [5, 5.41) is 11.9. The first-order valence-corrected chi connectivity index (χ1v) is 19.7. The van der Waals surface area contributed by atoms with Crippen LogP contribution in [0.5, 0.6) is 0 Å². The van der Waals surface area contributed by atoms with Gasteiger partial charge in [0.1, 0.15) is 5.58 Å². The predicted molar refractivity (Wildman–Crippen MR) is 233 cm³/mol. The van der Waals surface area contributed by atoms with Gasteiger partial charge in [-0.05, 0) is 76.5 Å². The SMILES string of the molecule is c1ccc(-n2c3ccccc3c3c(-c4nc(-n5c6ccc7cccc8c7c6c6c7c(ccc65)sc5cccc-8c57)nc5oc6ccccc6c45)cccc32)cc1. The number of nitrogens with zero attached hydrogens (tertiary/aromatic N) is 4. The maximum absolute atomic E-state index is 6.68. The number of furan rings is 1. The Morgan fingerprint density at radius 3 is 2.00 bits per heavy atom. The second kappa shape index (κ2) is 10.3. The van der Waals surface area contributed by atoms with Crippen LogP contribution in [0.1, 0.15) is 0 Å². The molecule has 0 saturated heterocycles. The average molecular weight is 731 g/mol. The Morgan fingerprint density at radius 1 is 0.411 bits per heavy atom. The van der Waals surface area contributed by atoms with Crippen LogP contribution in [0.2, 0.25) is 0 Å². The van der Waals surface area contributed by atoms with Gasteiger partial charge in [-0.25, -0.2) is 4.98 Å². The Kier molecular flexibility index (Phi) is 5.34. The molecule has 13 aromatic rings. The third kappa shape index (κ3) is 3.51. The number of hydrogen-bond donors (Lipinski definition) is 0. The summed E-state index contributed by atoms with van der Waals surface area (Å²) in [6.45, 7) is 0. The largest absolute Gasteiger partial charge is 0.437 e. The van der Waals surface area contributed by atoms with Crippen molar-refractivity contribution in [1.29, 1.82) is 0 Å². The van der Waals surface area contributed by atoms with Crippen molar-refractivity contribution in [2.75, 3.05) is 0 Å². The molecule has 0 unspecified atom stereocenters. The number of benzene rings is 8. The molecule has 0 amide bonds. The normalized spacial score (nSPS) is 12.6. The summed E-state index contributed by atoms with van der Waals surface area (Å²) in [5.41, 5.74) is 11.4. The molecular weight excluding hydrogens is 705 g/mol. The molecule has 8 aromatic carbocycles. The molecule has 14 rings (SSSR count). The van der Waals surface area contributed by atoms with E-state index in [4.69, 9.17) is 14.4 Å². The molecule has 0 aliphatic heterocycles. The Bertz CT molecular complexity index is 3880. The van der Waals surface area contributed by atoms with Crippen LogP contribution in [0.4, 0.5) is 0 Å². The average Bonchev–Trinajstić information content (AvgIpc) is 3.98. The smallest absolute Gasteiger partial charge is 0.238 e. The molecule has 0 saturated carbocycles. The van der Waals surface area contributed by atoms with E-state index < -0.39 is 0 Å². The fraction of sp³-hybridized carbons (Fsp3) is 0. The topological polar surface area (TPSA) is 48.8 Å². The molecule has 0 bridgehead atoms. The summed E-state index contributed by atoms with van der Waals surface area (Å²) >= 11 is 1.87. The molecule has 0 spiro atoms. The van der Waals surface area contributed by atoms with Gasteiger partial charge in [-0.2, -0.15) is 4.98 Å². The van der Waals surface area contributed by atoms with Gasteiger partial charge in [0.25, 0.3) is 0 Å². The Labute approximate surface area is 321 Å². The van der Waals surface area contributed by atoms with Crippen LogP contribution in [0.15, 0.2) is 162 Å². The van der Waals surface area contributed by atoms with Crippen LogP contribution < -0.4 is 0 Å². The molecule has 56 heavy (non-hydrogen) atoms. The third-order valence-corrected chi connectivity index (χ3v) is 13.2. The first-order chi connectivity index (χ1) is 27.8. The molecule has 1 aliphatic carbocycles. The van der Waals surface area contributed by atoms with Gasteiger partial charge in [0.15, 0.2) is 0 Å². The molecule has 0 N–H and O–H groups in total. The van der Waals surface area contributed by atoms with Gasteiger partial charge < -0.3 is 8.98 Å². The minimum atomic E-state index is 0.572. The maximum Gasteiger partial charge on any atom is 0.238 e. The van der Waals surface area contributed by atoms with E-state index >= 15 is 0 Å². The zero-order chi connectivity index (χ0) is 36.2.